The number of anilines is 1. The molecule has 0 aliphatic carbocycles. The van der Waals surface area contributed by atoms with Gasteiger partial charge in [-0.2, -0.15) is 5.10 Å². The lowest BCUT2D eigenvalue weighted by Gasteiger charge is -2.21. The van der Waals surface area contributed by atoms with Gasteiger partial charge in [0.25, 0.3) is 0 Å². The van der Waals surface area contributed by atoms with Gasteiger partial charge in [0.1, 0.15) is 0 Å². The Balaban J connectivity index is 1.94. The fourth-order valence-electron chi connectivity index (χ4n) is 1.83. The van der Waals surface area contributed by atoms with Crippen LogP contribution in [0, 0.1) is 0 Å². The van der Waals surface area contributed by atoms with E-state index in [1.165, 1.54) is 0 Å². The number of aromatic nitrogens is 2. The quantitative estimate of drug-likeness (QED) is 0.809. The van der Waals surface area contributed by atoms with Crippen LogP contribution in [-0.2, 0) is 11.3 Å². The summed E-state index contributed by atoms with van der Waals surface area (Å²) in [4.78, 5) is 2.03. The van der Waals surface area contributed by atoms with Gasteiger partial charge >= 0.3 is 0 Å². The average Bonchev–Trinajstić information content (AvgIpc) is 2.82. The van der Waals surface area contributed by atoms with Crippen LogP contribution in [0.15, 0.2) is 12.1 Å². The molecule has 0 bridgehead atoms. The highest BCUT2D eigenvalue weighted by molar-refractivity contribution is 5.36. The molecule has 0 spiro atoms. The first-order valence-electron chi connectivity index (χ1n) is 5.56. The maximum absolute atomic E-state index is 8.86. The number of aliphatic hydroxyl groups is 1. The van der Waals surface area contributed by atoms with Crippen molar-refractivity contribution in [3.63, 3.8) is 0 Å². The van der Waals surface area contributed by atoms with Crippen molar-refractivity contribution in [2.45, 2.75) is 25.6 Å². The lowest BCUT2D eigenvalue weighted by atomic mass is 10.2. The third-order valence-electron chi connectivity index (χ3n) is 2.76. The van der Waals surface area contributed by atoms with Crippen LogP contribution in [0.25, 0.3) is 0 Å². The Morgan fingerprint density at radius 3 is 2.94 bits per heavy atom. The Morgan fingerprint density at radius 1 is 1.50 bits per heavy atom. The van der Waals surface area contributed by atoms with Crippen molar-refractivity contribution >= 4 is 5.82 Å². The lowest BCUT2D eigenvalue weighted by molar-refractivity contribution is 0.116. The van der Waals surface area contributed by atoms with Crippen molar-refractivity contribution in [3.05, 3.63) is 17.8 Å². The van der Waals surface area contributed by atoms with Gasteiger partial charge in [-0.3, -0.25) is 0 Å². The van der Waals surface area contributed by atoms with Gasteiger partial charge in [0.2, 0.25) is 0 Å². The van der Waals surface area contributed by atoms with E-state index in [0.29, 0.717) is 11.8 Å². The fourth-order valence-corrected chi connectivity index (χ4v) is 1.83. The van der Waals surface area contributed by atoms with E-state index < -0.39 is 0 Å². The van der Waals surface area contributed by atoms with E-state index in [2.05, 4.69) is 10.2 Å². The number of hydrogen-bond donors (Lipinski definition) is 1. The molecule has 1 N–H and O–H groups in total. The van der Waals surface area contributed by atoms with Crippen molar-refractivity contribution in [1.82, 2.24) is 10.2 Å². The molecule has 88 valence electrons. The van der Waals surface area contributed by atoms with Crippen molar-refractivity contribution in [2.24, 2.45) is 0 Å². The summed E-state index contributed by atoms with van der Waals surface area (Å²) >= 11 is 0. The second-order valence-corrected chi connectivity index (χ2v) is 4.06. The Morgan fingerprint density at radius 2 is 2.38 bits per heavy atom. The number of hydrogen-bond acceptors (Lipinski definition) is 5. The first kappa shape index (κ1) is 11.3. The summed E-state index contributed by atoms with van der Waals surface area (Å²) in [6.07, 6.45) is 2.57. The van der Waals surface area contributed by atoms with Crippen LogP contribution in [0.1, 0.15) is 18.5 Å². The molecule has 5 heteroatoms. The summed E-state index contributed by atoms with van der Waals surface area (Å²) in [6, 6.07) is 3.65. The topological polar surface area (TPSA) is 58.5 Å². The van der Waals surface area contributed by atoms with Crippen molar-refractivity contribution in [3.8, 4) is 0 Å². The smallest absolute Gasteiger partial charge is 0.151 e. The molecule has 1 fully saturated rings. The fraction of sp³-hybridized carbons (Fsp3) is 0.636. The van der Waals surface area contributed by atoms with Gasteiger partial charge in [-0.25, -0.2) is 0 Å². The van der Waals surface area contributed by atoms with E-state index in [4.69, 9.17) is 9.84 Å². The molecule has 0 amide bonds. The molecular formula is C11H17N3O2. The van der Waals surface area contributed by atoms with Crippen LogP contribution in [0.3, 0.4) is 0 Å². The maximum atomic E-state index is 8.86. The van der Waals surface area contributed by atoms with Gasteiger partial charge in [-0.15, -0.1) is 5.10 Å². The number of nitrogens with zero attached hydrogens (tertiary/aromatic N) is 3. The van der Waals surface area contributed by atoms with Crippen molar-refractivity contribution in [2.75, 3.05) is 25.1 Å². The van der Waals surface area contributed by atoms with E-state index >= 15 is 0 Å². The second kappa shape index (κ2) is 5.23. The molecule has 5 nitrogen and oxygen atoms in total. The highest BCUT2D eigenvalue weighted by Gasteiger charge is 2.18. The molecule has 0 radical (unpaired) electrons. The molecule has 16 heavy (non-hydrogen) atoms. The Bertz CT molecular complexity index is 323. The second-order valence-electron chi connectivity index (χ2n) is 4.06. The number of aliphatic hydroxyl groups excluding tert-OH is 1. The van der Waals surface area contributed by atoms with E-state index in [9.17, 15) is 0 Å². The zero-order valence-electron chi connectivity index (χ0n) is 9.46. The van der Waals surface area contributed by atoms with Crippen LogP contribution in [0.5, 0.6) is 0 Å². The zero-order valence-corrected chi connectivity index (χ0v) is 9.46. The average molecular weight is 223 g/mol. The van der Waals surface area contributed by atoms with E-state index in [-0.39, 0.29) is 6.61 Å². The van der Waals surface area contributed by atoms with E-state index in [0.717, 1.165) is 31.8 Å². The minimum absolute atomic E-state index is 0.0667. The number of likely N-dealkylation sites (N-methyl/N-ethyl adjacent to an activating group) is 1. The normalized spacial score (nSPS) is 20.0. The van der Waals surface area contributed by atoms with Crippen LogP contribution in [0.2, 0.25) is 0 Å². The van der Waals surface area contributed by atoms with Crippen LogP contribution in [0.4, 0.5) is 5.82 Å². The van der Waals surface area contributed by atoms with E-state index in [1.54, 1.807) is 6.07 Å². The highest BCUT2D eigenvalue weighted by Crippen LogP contribution is 2.15. The molecule has 1 aromatic rings. The first-order valence-corrected chi connectivity index (χ1v) is 5.56. The Kier molecular flexibility index (Phi) is 3.69. The molecule has 1 aliphatic rings. The summed E-state index contributed by atoms with van der Waals surface area (Å²) in [6.45, 7) is 1.64. The van der Waals surface area contributed by atoms with Crippen LogP contribution in [-0.4, -0.2) is 41.6 Å². The Labute approximate surface area is 95.1 Å². The van der Waals surface area contributed by atoms with Gasteiger partial charge in [0.05, 0.1) is 18.4 Å². The summed E-state index contributed by atoms with van der Waals surface area (Å²) < 4.78 is 5.56. The third-order valence-corrected chi connectivity index (χ3v) is 2.76. The maximum Gasteiger partial charge on any atom is 0.151 e. The largest absolute Gasteiger partial charge is 0.390 e. The number of ether oxygens (including phenoxy) is 1. The molecule has 1 unspecified atom stereocenters. The lowest BCUT2D eigenvalue weighted by Crippen LogP contribution is -2.29. The van der Waals surface area contributed by atoms with Gasteiger partial charge in [0, 0.05) is 20.2 Å². The SMILES string of the molecule is CN(CC1CCCO1)c1ccc(CO)nn1. The summed E-state index contributed by atoms with van der Waals surface area (Å²) in [5.74, 6) is 0.813. The van der Waals surface area contributed by atoms with E-state index in [1.807, 2.05) is 18.0 Å². The number of rotatable bonds is 4. The monoisotopic (exact) mass is 223 g/mol. The minimum atomic E-state index is -0.0667. The zero-order chi connectivity index (χ0) is 11.4. The Hall–Kier alpha value is -1.20. The summed E-state index contributed by atoms with van der Waals surface area (Å²) in [5.41, 5.74) is 0.592. The van der Waals surface area contributed by atoms with Gasteiger partial charge in [-0.05, 0) is 25.0 Å². The molecule has 1 saturated heterocycles. The van der Waals surface area contributed by atoms with Crippen LogP contribution < -0.4 is 4.90 Å². The molecule has 2 rings (SSSR count). The third kappa shape index (κ3) is 2.68. The molecule has 2 heterocycles. The first-order chi connectivity index (χ1) is 7.79. The van der Waals surface area contributed by atoms with Crippen LogP contribution >= 0.6 is 0 Å². The molecule has 0 saturated carbocycles. The van der Waals surface area contributed by atoms with Gasteiger partial charge < -0.3 is 14.7 Å². The summed E-state index contributed by atoms with van der Waals surface area (Å²) in [7, 11) is 1.98. The molecule has 1 atom stereocenters. The van der Waals surface area contributed by atoms with Gasteiger partial charge in [-0.1, -0.05) is 0 Å². The predicted octanol–water partition coefficient (Wildman–Crippen LogP) is 0.584. The minimum Gasteiger partial charge on any atom is -0.390 e. The highest BCUT2D eigenvalue weighted by atomic mass is 16.5. The van der Waals surface area contributed by atoms with Crippen molar-refractivity contribution < 1.29 is 9.84 Å². The molecule has 1 aliphatic heterocycles. The molecule has 1 aromatic heterocycles. The summed E-state index contributed by atoms with van der Waals surface area (Å²) in [5, 5.41) is 16.8. The standard InChI is InChI=1S/C11H17N3O2/c1-14(7-10-3-2-6-16-10)11-5-4-9(8-15)12-13-11/h4-5,10,15H,2-3,6-8H2,1H3. The van der Waals surface area contributed by atoms with Crippen molar-refractivity contribution in [1.29, 1.82) is 0 Å². The van der Waals surface area contributed by atoms with Gasteiger partial charge in [0.15, 0.2) is 5.82 Å². The predicted molar refractivity (Wildman–Crippen MR) is 60.2 cm³/mol. The molecular weight excluding hydrogens is 206 g/mol. The molecule has 0 aromatic carbocycles.